The molecule has 0 saturated heterocycles. The van der Waals surface area contributed by atoms with Crippen LogP contribution in [0.5, 0.6) is 0 Å². The minimum absolute atomic E-state index is 0.00204. The third-order valence-corrected chi connectivity index (χ3v) is 2.76. The maximum Gasteiger partial charge on any atom is 0.433 e. The van der Waals surface area contributed by atoms with Crippen molar-refractivity contribution in [2.45, 2.75) is 26.6 Å². The zero-order valence-electron chi connectivity index (χ0n) is 11.5. The Balaban J connectivity index is 2.20. The highest BCUT2D eigenvalue weighted by Crippen LogP contribution is 2.26. The standard InChI is InChI=1S/C14H14F3N3O/c1-8-3-9(2)5-10(4-8)18-7-12-19-11(14(15,16)17)6-13(21)20-12/h3-6,18H,7H2,1-2H3,(H,19,20,21). The van der Waals surface area contributed by atoms with Crippen LogP contribution in [0.1, 0.15) is 22.6 Å². The molecular formula is C14H14F3N3O. The van der Waals surface area contributed by atoms with E-state index in [1.54, 1.807) is 0 Å². The lowest BCUT2D eigenvalue weighted by Crippen LogP contribution is -2.20. The third-order valence-electron chi connectivity index (χ3n) is 2.76. The van der Waals surface area contributed by atoms with Crippen molar-refractivity contribution in [2.75, 3.05) is 5.32 Å². The van der Waals surface area contributed by atoms with Crippen molar-refractivity contribution in [3.8, 4) is 0 Å². The second-order valence-corrected chi connectivity index (χ2v) is 4.81. The van der Waals surface area contributed by atoms with E-state index in [2.05, 4.69) is 15.3 Å². The maximum absolute atomic E-state index is 12.6. The number of aryl methyl sites for hydroxylation is 2. The van der Waals surface area contributed by atoms with Crippen LogP contribution >= 0.6 is 0 Å². The van der Waals surface area contributed by atoms with E-state index in [0.29, 0.717) is 6.07 Å². The summed E-state index contributed by atoms with van der Waals surface area (Å²) < 4.78 is 37.7. The van der Waals surface area contributed by atoms with E-state index in [0.717, 1.165) is 16.8 Å². The summed E-state index contributed by atoms with van der Waals surface area (Å²) in [6.45, 7) is 3.84. The van der Waals surface area contributed by atoms with E-state index in [1.807, 2.05) is 32.0 Å². The van der Waals surface area contributed by atoms with Gasteiger partial charge in [-0.2, -0.15) is 13.2 Å². The van der Waals surface area contributed by atoms with Crippen LogP contribution in [0.4, 0.5) is 18.9 Å². The molecule has 0 amide bonds. The molecule has 2 rings (SSSR count). The number of nitrogens with zero attached hydrogens (tertiary/aromatic N) is 1. The lowest BCUT2D eigenvalue weighted by atomic mass is 10.1. The first-order valence-electron chi connectivity index (χ1n) is 6.23. The van der Waals surface area contributed by atoms with E-state index in [9.17, 15) is 18.0 Å². The molecule has 4 nitrogen and oxygen atoms in total. The van der Waals surface area contributed by atoms with Gasteiger partial charge in [-0.15, -0.1) is 0 Å². The molecule has 1 aromatic carbocycles. The van der Waals surface area contributed by atoms with Crippen molar-refractivity contribution in [3.63, 3.8) is 0 Å². The Hall–Kier alpha value is -2.31. The number of alkyl halides is 3. The zero-order chi connectivity index (χ0) is 15.6. The van der Waals surface area contributed by atoms with E-state index < -0.39 is 17.4 Å². The van der Waals surface area contributed by atoms with Gasteiger partial charge in [0, 0.05) is 11.8 Å². The van der Waals surface area contributed by atoms with Gasteiger partial charge in [-0.1, -0.05) is 6.07 Å². The summed E-state index contributed by atoms with van der Waals surface area (Å²) in [6, 6.07) is 6.15. The van der Waals surface area contributed by atoms with Crippen LogP contribution in [0, 0.1) is 13.8 Å². The molecule has 1 heterocycles. The summed E-state index contributed by atoms with van der Waals surface area (Å²) in [5.41, 5.74) is 0.802. The number of rotatable bonds is 3. The third kappa shape index (κ3) is 4.08. The number of hydrogen-bond donors (Lipinski definition) is 2. The quantitative estimate of drug-likeness (QED) is 0.915. The topological polar surface area (TPSA) is 57.8 Å². The van der Waals surface area contributed by atoms with Crippen molar-refractivity contribution in [1.82, 2.24) is 9.97 Å². The Morgan fingerprint density at radius 1 is 1.14 bits per heavy atom. The van der Waals surface area contributed by atoms with Gasteiger partial charge in [0.25, 0.3) is 5.56 Å². The van der Waals surface area contributed by atoms with Gasteiger partial charge in [-0.05, 0) is 37.1 Å². The molecule has 0 bridgehead atoms. The summed E-state index contributed by atoms with van der Waals surface area (Å²) >= 11 is 0. The predicted octanol–water partition coefficient (Wildman–Crippen LogP) is 3.02. The average molecular weight is 297 g/mol. The Morgan fingerprint density at radius 2 is 1.76 bits per heavy atom. The second-order valence-electron chi connectivity index (χ2n) is 4.81. The Morgan fingerprint density at radius 3 is 2.33 bits per heavy atom. The smallest absolute Gasteiger partial charge is 0.378 e. The highest BCUT2D eigenvalue weighted by molar-refractivity contribution is 5.48. The normalized spacial score (nSPS) is 11.5. The zero-order valence-corrected chi connectivity index (χ0v) is 11.5. The Labute approximate surface area is 119 Å². The van der Waals surface area contributed by atoms with Crippen molar-refractivity contribution >= 4 is 5.69 Å². The molecule has 1 aromatic heterocycles. The minimum Gasteiger partial charge on any atom is -0.378 e. The van der Waals surface area contributed by atoms with Crippen LogP contribution in [-0.4, -0.2) is 9.97 Å². The summed E-state index contributed by atoms with van der Waals surface area (Å²) in [5, 5.41) is 2.95. The van der Waals surface area contributed by atoms with Crippen LogP contribution in [0.15, 0.2) is 29.1 Å². The van der Waals surface area contributed by atoms with Gasteiger partial charge in [0.1, 0.15) is 5.82 Å². The molecule has 0 radical (unpaired) electrons. The molecule has 0 aliphatic carbocycles. The van der Waals surface area contributed by atoms with Gasteiger partial charge >= 0.3 is 6.18 Å². The number of nitrogens with one attached hydrogen (secondary N) is 2. The van der Waals surface area contributed by atoms with Gasteiger partial charge in [0.05, 0.1) is 6.54 Å². The molecule has 7 heteroatoms. The first kappa shape index (κ1) is 15.1. The molecule has 0 atom stereocenters. The first-order valence-corrected chi connectivity index (χ1v) is 6.23. The van der Waals surface area contributed by atoms with E-state index in [4.69, 9.17) is 0 Å². The van der Waals surface area contributed by atoms with Crippen LogP contribution in [0.25, 0.3) is 0 Å². The number of aromatic amines is 1. The van der Waals surface area contributed by atoms with Crippen LogP contribution in [-0.2, 0) is 12.7 Å². The van der Waals surface area contributed by atoms with Crippen molar-refractivity contribution in [3.05, 3.63) is 57.3 Å². The summed E-state index contributed by atoms with van der Waals surface area (Å²) in [6.07, 6.45) is -4.64. The van der Waals surface area contributed by atoms with Gasteiger partial charge in [-0.3, -0.25) is 4.79 Å². The largest absolute Gasteiger partial charge is 0.433 e. The number of H-pyrrole nitrogens is 1. The van der Waals surface area contributed by atoms with E-state index in [-0.39, 0.29) is 12.4 Å². The van der Waals surface area contributed by atoms with Crippen molar-refractivity contribution in [2.24, 2.45) is 0 Å². The maximum atomic E-state index is 12.6. The Bertz CT molecular complexity index is 687. The molecule has 2 aromatic rings. The molecule has 112 valence electrons. The fourth-order valence-corrected chi connectivity index (χ4v) is 2.00. The van der Waals surface area contributed by atoms with E-state index >= 15 is 0 Å². The molecule has 0 unspecified atom stereocenters. The fourth-order valence-electron chi connectivity index (χ4n) is 2.00. The molecule has 0 aliphatic heterocycles. The van der Waals surface area contributed by atoms with Gasteiger partial charge in [0.15, 0.2) is 5.69 Å². The number of anilines is 1. The fraction of sp³-hybridized carbons (Fsp3) is 0.286. The minimum atomic E-state index is -4.64. The molecule has 0 aliphatic rings. The molecule has 0 fully saturated rings. The summed E-state index contributed by atoms with van der Waals surface area (Å²) in [7, 11) is 0. The SMILES string of the molecule is Cc1cc(C)cc(NCc2nc(C(F)(F)F)cc(=O)[nH]2)c1. The second kappa shape index (κ2) is 5.59. The number of halogens is 3. The average Bonchev–Trinajstić information content (AvgIpc) is 2.33. The van der Waals surface area contributed by atoms with Gasteiger partial charge in [0.2, 0.25) is 0 Å². The molecule has 2 N–H and O–H groups in total. The van der Waals surface area contributed by atoms with Gasteiger partial charge < -0.3 is 10.3 Å². The predicted molar refractivity (Wildman–Crippen MR) is 73.1 cm³/mol. The van der Waals surface area contributed by atoms with Crippen molar-refractivity contribution in [1.29, 1.82) is 0 Å². The monoisotopic (exact) mass is 297 g/mol. The molecule has 21 heavy (non-hydrogen) atoms. The molecular weight excluding hydrogens is 283 g/mol. The first-order chi connectivity index (χ1) is 9.74. The van der Waals surface area contributed by atoms with Crippen LogP contribution < -0.4 is 10.9 Å². The highest BCUT2D eigenvalue weighted by Gasteiger charge is 2.33. The van der Waals surface area contributed by atoms with Crippen LogP contribution in [0.2, 0.25) is 0 Å². The summed E-state index contributed by atoms with van der Waals surface area (Å²) in [4.78, 5) is 17.0. The lowest BCUT2D eigenvalue weighted by molar-refractivity contribution is -0.141. The Kier molecular flexibility index (Phi) is 4.02. The summed E-state index contributed by atoms with van der Waals surface area (Å²) in [5.74, 6) is -0.0611. The number of benzene rings is 1. The lowest BCUT2D eigenvalue weighted by Gasteiger charge is -2.10. The van der Waals surface area contributed by atoms with Crippen LogP contribution in [0.3, 0.4) is 0 Å². The van der Waals surface area contributed by atoms with E-state index in [1.165, 1.54) is 0 Å². The molecule has 0 spiro atoms. The highest BCUT2D eigenvalue weighted by atomic mass is 19.4. The number of hydrogen-bond acceptors (Lipinski definition) is 3. The van der Waals surface area contributed by atoms with Crippen molar-refractivity contribution < 1.29 is 13.2 Å². The number of aromatic nitrogens is 2. The van der Waals surface area contributed by atoms with Gasteiger partial charge in [-0.25, -0.2) is 4.98 Å². The molecule has 0 saturated carbocycles.